The molecule has 0 bridgehead atoms. The summed E-state index contributed by atoms with van der Waals surface area (Å²) >= 11 is 0. The number of sulfonamides is 1. The molecule has 0 unspecified atom stereocenters. The molecule has 0 amide bonds. The summed E-state index contributed by atoms with van der Waals surface area (Å²) in [5.41, 5.74) is 1.22. The number of ether oxygens (including phenoxy) is 3. The van der Waals surface area contributed by atoms with Crippen LogP contribution < -0.4 is 9.47 Å². The second kappa shape index (κ2) is 12.0. The first kappa shape index (κ1) is 25.0. The van der Waals surface area contributed by atoms with Crippen molar-refractivity contribution in [2.45, 2.75) is 31.6 Å². The number of rotatable bonds is 11. The van der Waals surface area contributed by atoms with Gasteiger partial charge in [-0.1, -0.05) is 25.5 Å². The van der Waals surface area contributed by atoms with E-state index in [-0.39, 0.29) is 10.7 Å². The van der Waals surface area contributed by atoms with Gasteiger partial charge in [0.05, 0.1) is 31.3 Å². The van der Waals surface area contributed by atoms with Crippen molar-refractivity contribution in [1.82, 2.24) is 4.31 Å². The van der Waals surface area contributed by atoms with E-state index in [4.69, 9.17) is 14.2 Å². The van der Waals surface area contributed by atoms with Crippen LogP contribution in [0.2, 0.25) is 0 Å². The number of nitrogens with zero attached hydrogens (tertiary/aromatic N) is 1. The summed E-state index contributed by atoms with van der Waals surface area (Å²) in [5, 5.41) is 0. The molecule has 0 radical (unpaired) electrons. The van der Waals surface area contributed by atoms with E-state index >= 15 is 0 Å². The number of hydrogen-bond donors (Lipinski definition) is 0. The number of benzene rings is 2. The Morgan fingerprint density at radius 3 is 2.42 bits per heavy atom. The molecular formula is C25H31NO6S. The fraction of sp³-hybridized carbons (Fsp3) is 0.400. The molecule has 0 atom stereocenters. The Morgan fingerprint density at radius 1 is 1.03 bits per heavy atom. The van der Waals surface area contributed by atoms with Crippen LogP contribution in [0.4, 0.5) is 0 Å². The van der Waals surface area contributed by atoms with Crippen molar-refractivity contribution in [2.75, 3.05) is 39.5 Å². The number of carbonyl (C=O) groups excluding carboxylic acids is 1. The summed E-state index contributed by atoms with van der Waals surface area (Å²) in [5.74, 6) is 1.11. The maximum absolute atomic E-state index is 12.7. The summed E-state index contributed by atoms with van der Waals surface area (Å²) in [6.07, 6.45) is 5.19. The Balaban J connectivity index is 1.69. The lowest BCUT2D eigenvalue weighted by molar-refractivity contribution is 0.0730. The van der Waals surface area contributed by atoms with Crippen LogP contribution in [0.15, 0.2) is 53.4 Å². The van der Waals surface area contributed by atoms with Crippen molar-refractivity contribution in [1.29, 1.82) is 0 Å². The molecular weight excluding hydrogens is 442 g/mol. The maximum atomic E-state index is 12.7. The highest BCUT2D eigenvalue weighted by atomic mass is 32.2. The molecule has 2 aromatic carbocycles. The summed E-state index contributed by atoms with van der Waals surface area (Å²) in [4.78, 5) is 12.8. The Bertz CT molecular complexity index is 1060. The molecule has 1 fully saturated rings. The first-order chi connectivity index (χ1) is 16.0. The van der Waals surface area contributed by atoms with Crippen molar-refractivity contribution in [3.63, 3.8) is 0 Å². The highest BCUT2D eigenvalue weighted by Gasteiger charge is 2.26. The molecule has 0 aromatic heterocycles. The average molecular weight is 474 g/mol. The number of ketones is 1. The Morgan fingerprint density at radius 2 is 1.76 bits per heavy atom. The minimum Gasteiger partial charge on any atom is -0.490 e. The van der Waals surface area contributed by atoms with Gasteiger partial charge in [-0.15, -0.1) is 0 Å². The molecule has 1 heterocycles. The van der Waals surface area contributed by atoms with Crippen LogP contribution in [0.5, 0.6) is 11.5 Å². The van der Waals surface area contributed by atoms with Gasteiger partial charge in [-0.2, -0.15) is 4.31 Å². The van der Waals surface area contributed by atoms with Gasteiger partial charge in [-0.25, -0.2) is 8.42 Å². The highest BCUT2D eigenvalue weighted by Crippen LogP contribution is 2.29. The van der Waals surface area contributed by atoms with E-state index < -0.39 is 10.0 Å². The highest BCUT2D eigenvalue weighted by molar-refractivity contribution is 7.89. The fourth-order valence-corrected chi connectivity index (χ4v) is 4.75. The number of allylic oxidation sites excluding steroid dienone is 1. The fourth-order valence-electron chi connectivity index (χ4n) is 3.34. The van der Waals surface area contributed by atoms with Crippen molar-refractivity contribution < 1.29 is 27.4 Å². The van der Waals surface area contributed by atoms with Crippen LogP contribution in [0.3, 0.4) is 0 Å². The lowest BCUT2D eigenvalue weighted by atomic mass is 10.1. The predicted octanol–water partition coefficient (Wildman–Crippen LogP) is 4.18. The van der Waals surface area contributed by atoms with E-state index in [1.54, 1.807) is 6.08 Å². The lowest BCUT2D eigenvalue weighted by Crippen LogP contribution is -2.40. The maximum Gasteiger partial charge on any atom is 0.243 e. The Hall–Kier alpha value is -2.68. The first-order valence-electron chi connectivity index (χ1n) is 11.3. The van der Waals surface area contributed by atoms with E-state index in [9.17, 15) is 13.2 Å². The zero-order chi connectivity index (χ0) is 23.7. The number of hydrogen-bond acceptors (Lipinski definition) is 6. The molecule has 8 heteroatoms. The minimum atomic E-state index is -3.58. The van der Waals surface area contributed by atoms with Gasteiger partial charge in [0.15, 0.2) is 17.3 Å². The van der Waals surface area contributed by atoms with E-state index in [1.165, 1.54) is 34.6 Å². The number of morpholine rings is 1. The normalized spacial score (nSPS) is 15.0. The van der Waals surface area contributed by atoms with Crippen LogP contribution in [-0.2, 0) is 14.8 Å². The molecule has 3 rings (SSSR count). The predicted molar refractivity (Wildman–Crippen MR) is 127 cm³/mol. The topological polar surface area (TPSA) is 82.1 Å². The van der Waals surface area contributed by atoms with Gasteiger partial charge in [0.25, 0.3) is 0 Å². The van der Waals surface area contributed by atoms with E-state index in [2.05, 4.69) is 6.92 Å². The van der Waals surface area contributed by atoms with E-state index in [0.717, 1.165) is 18.4 Å². The van der Waals surface area contributed by atoms with Crippen LogP contribution in [0, 0.1) is 0 Å². The average Bonchev–Trinajstić information content (AvgIpc) is 2.84. The lowest BCUT2D eigenvalue weighted by Gasteiger charge is -2.26. The molecule has 0 N–H and O–H groups in total. The third kappa shape index (κ3) is 6.66. The minimum absolute atomic E-state index is 0.171. The van der Waals surface area contributed by atoms with Crippen LogP contribution in [-0.4, -0.2) is 58.0 Å². The molecule has 0 spiro atoms. The van der Waals surface area contributed by atoms with Gasteiger partial charge in [-0.3, -0.25) is 4.79 Å². The monoisotopic (exact) mass is 473 g/mol. The summed E-state index contributed by atoms with van der Waals surface area (Å²) in [6.45, 7) is 6.58. The van der Waals surface area contributed by atoms with Gasteiger partial charge < -0.3 is 14.2 Å². The van der Waals surface area contributed by atoms with Gasteiger partial charge in [0, 0.05) is 18.7 Å². The molecule has 1 aliphatic rings. The smallest absolute Gasteiger partial charge is 0.243 e. The summed E-state index contributed by atoms with van der Waals surface area (Å²) < 4.78 is 43.5. The SMILES string of the molecule is CCCCOc1ccc(/C=C/C(=O)c2ccc(S(=O)(=O)N3CCOCC3)cc2)cc1OCC. The van der Waals surface area contributed by atoms with Crippen LogP contribution in [0.1, 0.15) is 42.6 Å². The second-order valence-corrected chi connectivity index (χ2v) is 9.52. The molecule has 33 heavy (non-hydrogen) atoms. The zero-order valence-electron chi connectivity index (χ0n) is 19.2. The molecule has 0 saturated carbocycles. The summed E-state index contributed by atoms with van der Waals surface area (Å²) in [7, 11) is -3.58. The molecule has 7 nitrogen and oxygen atoms in total. The first-order valence-corrected chi connectivity index (χ1v) is 12.7. The molecule has 1 aliphatic heterocycles. The molecule has 0 aliphatic carbocycles. The largest absolute Gasteiger partial charge is 0.490 e. The van der Waals surface area contributed by atoms with Crippen LogP contribution in [0.25, 0.3) is 6.08 Å². The van der Waals surface area contributed by atoms with Crippen molar-refractivity contribution in [3.8, 4) is 11.5 Å². The zero-order valence-corrected chi connectivity index (χ0v) is 20.0. The summed E-state index contributed by atoms with van der Waals surface area (Å²) in [6, 6.07) is 11.6. The quantitative estimate of drug-likeness (QED) is 0.277. The van der Waals surface area contributed by atoms with Crippen molar-refractivity contribution in [3.05, 3.63) is 59.7 Å². The Labute approximate surface area is 196 Å². The van der Waals surface area contributed by atoms with Gasteiger partial charge in [0.2, 0.25) is 10.0 Å². The second-order valence-electron chi connectivity index (χ2n) is 7.58. The van der Waals surface area contributed by atoms with Gasteiger partial charge >= 0.3 is 0 Å². The number of carbonyl (C=O) groups is 1. The van der Waals surface area contributed by atoms with Crippen molar-refractivity contribution in [2.24, 2.45) is 0 Å². The van der Waals surface area contributed by atoms with E-state index in [0.29, 0.717) is 56.6 Å². The van der Waals surface area contributed by atoms with E-state index in [1.807, 2.05) is 25.1 Å². The van der Waals surface area contributed by atoms with Crippen molar-refractivity contribution >= 4 is 21.9 Å². The third-order valence-corrected chi connectivity index (χ3v) is 7.11. The molecule has 1 saturated heterocycles. The van der Waals surface area contributed by atoms with Crippen LogP contribution >= 0.6 is 0 Å². The van der Waals surface area contributed by atoms with Gasteiger partial charge in [0.1, 0.15) is 0 Å². The molecule has 178 valence electrons. The standard InChI is InChI=1S/C25H31NO6S/c1-3-5-16-32-24-13-7-20(19-25(24)31-4-2)6-12-23(27)21-8-10-22(11-9-21)33(28,29)26-14-17-30-18-15-26/h6-13,19H,3-5,14-18H2,1-2H3/b12-6+. The Kier molecular flexibility index (Phi) is 9.05. The van der Waals surface area contributed by atoms with Gasteiger partial charge in [-0.05, 0) is 61.4 Å². The molecule has 2 aromatic rings. The number of unbranched alkanes of at least 4 members (excludes halogenated alkanes) is 1. The third-order valence-electron chi connectivity index (χ3n) is 5.20.